The third-order valence-electron chi connectivity index (χ3n) is 2.51. The summed E-state index contributed by atoms with van der Waals surface area (Å²) in [5.74, 6) is -1.30. The second-order valence-electron chi connectivity index (χ2n) is 3.23. The maximum Gasteiger partial charge on any atom is 0.341 e. The van der Waals surface area contributed by atoms with Gasteiger partial charge in [0, 0.05) is 18.4 Å². The molecule has 0 spiro atoms. The first-order valence-corrected chi connectivity index (χ1v) is 4.25. The van der Waals surface area contributed by atoms with E-state index in [9.17, 15) is 9.59 Å². The van der Waals surface area contributed by atoms with Crippen molar-refractivity contribution >= 4 is 5.97 Å². The van der Waals surface area contributed by atoms with Gasteiger partial charge in [-0.3, -0.25) is 4.79 Å². The molecule has 1 aromatic rings. The Kier molecular flexibility index (Phi) is 2.62. The van der Waals surface area contributed by atoms with Crippen LogP contribution in [0.15, 0.2) is 4.79 Å². The number of carboxylic acids is 1. The van der Waals surface area contributed by atoms with Crippen molar-refractivity contribution in [3.8, 4) is 6.07 Å². The molecule has 0 bridgehead atoms. The maximum absolute atomic E-state index is 11.6. The fourth-order valence-electron chi connectivity index (χ4n) is 1.42. The van der Waals surface area contributed by atoms with Crippen molar-refractivity contribution in [3.63, 3.8) is 0 Å². The Balaban J connectivity index is 3.87. The number of aromatic nitrogens is 1. The van der Waals surface area contributed by atoms with Gasteiger partial charge in [-0.25, -0.2) is 4.79 Å². The third-order valence-corrected chi connectivity index (χ3v) is 2.51. The summed E-state index contributed by atoms with van der Waals surface area (Å²) < 4.78 is 1.53. The molecule has 78 valence electrons. The topological polar surface area (TPSA) is 83.1 Å². The molecule has 1 N–H and O–H groups in total. The molecule has 0 unspecified atom stereocenters. The SMILES string of the molecule is Cc1c(C#N)c(=O)c(C(=O)O)c(C)n1C. The summed E-state index contributed by atoms with van der Waals surface area (Å²) in [6, 6.07) is 1.73. The molecule has 1 heterocycles. The highest BCUT2D eigenvalue weighted by molar-refractivity contribution is 5.89. The minimum absolute atomic E-state index is 0.111. The molecule has 1 aromatic heterocycles. The van der Waals surface area contributed by atoms with Gasteiger partial charge in [0.2, 0.25) is 5.43 Å². The average molecular weight is 206 g/mol. The van der Waals surface area contributed by atoms with E-state index in [0.717, 1.165) is 0 Å². The van der Waals surface area contributed by atoms with E-state index in [0.29, 0.717) is 11.4 Å². The molecule has 15 heavy (non-hydrogen) atoms. The van der Waals surface area contributed by atoms with E-state index in [1.807, 2.05) is 0 Å². The number of rotatable bonds is 1. The Morgan fingerprint density at radius 3 is 2.33 bits per heavy atom. The van der Waals surface area contributed by atoms with Gasteiger partial charge in [-0.1, -0.05) is 0 Å². The average Bonchev–Trinajstić information content (AvgIpc) is 2.15. The quantitative estimate of drug-likeness (QED) is 0.728. The van der Waals surface area contributed by atoms with Crippen LogP contribution in [0.1, 0.15) is 27.3 Å². The first kappa shape index (κ1) is 11.0. The first-order valence-electron chi connectivity index (χ1n) is 4.25. The molecule has 0 aliphatic heterocycles. The normalized spacial score (nSPS) is 9.73. The highest BCUT2D eigenvalue weighted by Crippen LogP contribution is 2.09. The molecule has 0 fully saturated rings. The molecule has 0 amide bonds. The van der Waals surface area contributed by atoms with Gasteiger partial charge in [-0.2, -0.15) is 5.26 Å². The Hall–Kier alpha value is -2.09. The van der Waals surface area contributed by atoms with E-state index in [2.05, 4.69) is 0 Å². The summed E-state index contributed by atoms with van der Waals surface area (Å²) in [4.78, 5) is 22.5. The van der Waals surface area contributed by atoms with Gasteiger partial charge in [0.05, 0.1) is 0 Å². The highest BCUT2D eigenvalue weighted by Gasteiger charge is 2.19. The van der Waals surface area contributed by atoms with Gasteiger partial charge in [0.15, 0.2) is 0 Å². The third kappa shape index (κ3) is 1.50. The zero-order chi connectivity index (χ0) is 11.7. The van der Waals surface area contributed by atoms with E-state index in [1.54, 1.807) is 27.0 Å². The smallest absolute Gasteiger partial charge is 0.341 e. The van der Waals surface area contributed by atoms with Crippen molar-refractivity contribution in [1.82, 2.24) is 4.57 Å². The molecule has 0 atom stereocenters. The molecular formula is C10H10N2O3. The van der Waals surface area contributed by atoms with Gasteiger partial charge in [-0.15, -0.1) is 0 Å². The largest absolute Gasteiger partial charge is 0.477 e. The van der Waals surface area contributed by atoms with Gasteiger partial charge in [-0.05, 0) is 13.8 Å². The second kappa shape index (κ2) is 3.58. The Labute approximate surface area is 86.2 Å². The van der Waals surface area contributed by atoms with Gasteiger partial charge in [0.25, 0.3) is 0 Å². The summed E-state index contributed by atoms with van der Waals surface area (Å²) in [5, 5.41) is 17.6. The molecule has 0 aliphatic carbocycles. The fraction of sp³-hybridized carbons (Fsp3) is 0.300. The predicted molar refractivity (Wildman–Crippen MR) is 52.8 cm³/mol. The van der Waals surface area contributed by atoms with Crippen molar-refractivity contribution in [1.29, 1.82) is 5.26 Å². The second-order valence-corrected chi connectivity index (χ2v) is 3.23. The lowest BCUT2D eigenvalue weighted by Gasteiger charge is -2.12. The molecule has 0 aromatic carbocycles. The zero-order valence-electron chi connectivity index (χ0n) is 8.66. The minimum Gasteiger partial charge on any atom is -0.477 e. The van der Waals surface area contributed by atoms with Crippen LogP contribution in [0, 0.1) is 25.2 Å². The Morgan fingerprint density at radius 2 is 1.93 bits per heavy atom. The van der Waals surface area contributed by atoms with Crippen LogP contribution in [0.25, 0.3) is 0 Å². The van der Waals surface area contributed by atoms with E-state index in [1.165, 1.54) is 4.57 Å². The number of carboxylic acid groups (broad SMARTS) is 1. The van der Waals surface area contributed by atoms with E-state index >= 15 is 0 Å². The van der Waals surface area contributed by atoms with Crippen LogP contribution in [0.3, 0.4) is 0 Å². The van der Waals surface area contributed by atoms with Crippen LogP contribution in [0.2, 0.25) is 0 Å². The molecular weight excluding hydrogens is 196 g/mol. The van der Waals surface area contributed by atoms with Crippen molar-refractivity contribution in [2.24, 2.45) is 7.05 Å². The predicted octanol–water partition coefficient (Wildman–Crippen LogP) is 0.572. The zero-order valence-corrected chi connectivity index (χ0v) is 8.66. The number of hydrogen-bond donors (Lipinski definition) is 1. The van der Waals surface area contributed by atoms with E-state index < -0.39 is 11.4 Å². The van der Waals surface area contributed by atoms with Crippen LogP contribution < -0.4 is 5.43 Å². The van der Waals surface area contributed by atoms with Crippen LogP contribution in [-0.4, -0.2) is 15.6 Å². The molecule has 0 saturated heterocycles. The van der Waals surface area contributed by atoms with Crippen LogP contribution in [-0.2, 0) is 7.05 Å². The molecule has 5 heteroatoms. The standard InChI is InChI=1S/C10H10N2O3/c1-5-7(4-11)9(13)8(10(14)15)6(2)12(5)3/h1-3H3,(H,14,15). The number of nitrogens with zero attached hydrogens (tertiary/aromatic N) is 2. The summed E-state index contributed by atoms with van der Waals surface area (Å²) in [6.45, 7) is 3.15. The number of nitriles is 1. The molecule has 0 saturated carbocycles. The lowest BCUT2D eigenvalue weighted by Crippen LogP contribution is -2.25. The summed E-state index contributed by atoms with van der Waals surface area (Å²) in [6.07, 6.45) is 0. The van der Waals surface area contributed by atoms with E-state index in [4.69, 9.17) is 10.4 Å². The van der Waals surface area contributed by atoms with Crippen molar-refractivity contribution in [2.75, 3.05) is 0 Å². The van der Waals surface area contributed by atoms with Gasteiger partial charge < -0.3 is 9.67 Å². The van der Waals surface area contributed by atoms with Crippen molar-refractivity contribution in [3.05, 3.63) is 32.7 Å². The number of aromatic carboxylic acids is 1. The Morgan fingerprint density at radius 1 is 1.40 bits per heavy atom. The summed E-state index contributed by atoms with van der Waals surface area (Å²) in [7, 11) is 1.62. The fourth-order valence-corrected chi connectivity index (χ4v) is 1.42. The first-order chi connectivity index (χ1) is 6.91. The van der Waals surface area contributed by atoms with Crippen molar-refractivity contribution < 1.29 is 9.90 Å². The summed E-state index contributed by atoms with van der Waals surface area (Å²) in [5.41, 5.74) is -0.327. The summed E-state index contributed by atoms with van der Waals surface area (Å²) >= 11 is 0. The number of carbonyl (C=O) groups is 1. The monoisotopic (exact) mass is 206 g/mol. The molecule has 0 radical (unpaired) electrons. The molecule has 1 rings (SSSR count). The van der Waals surface area contributed by atoms with Gasteiger partial charge in [0.1, 0.15) is 17.2 Å². The van der Waals surface area contributed by atoms with E-state index in [-0.39, 0.29) is 11.1 Å². The van der Waals surface area contributed by atoms with Gasteiger partial charge >= 0.3 is 5.97 Å². The lowest BCUT2D eigenvalue weighted by atomic mass is 10.1. The highest BCUT2D eigenvalue weighted by atomic mass is 16.4. The van der Waals surface area contributed by atoms with Crippen molar-refractivity contribution in [2.45, 2.75) is 13.8 Å². The van der Waals surface area contributed by atoms with Crippen LogP contribution in [0.4, 0.5) is 0 Å². The molecule has 0 aliphatic rings. The minimum atomic E-state index is -1.30. The van der Waals surface area contributed by atoms with Crippen LogP contribution >= 0.6 is 0 Å². The Bertz CT molecular complexity index is 535. The van der Waals surface area contributed by atoms with Crippen LogP contribution in [0.5, 0.6) is 0 Å². The molecule has 5 nitrogen and oxygen atoms in total. The maximum atomic E-state index is 11.6. The number of hydrogen-bond acceptors (Lipinski definition) is 3. The lowest BCUT2D eigenvalue weighted by molar-refractivity contribution is 0.0693. The number of pyridine rings is 1.